The highest BCUT2D eigenvalue weighted by Gasteiger charge is 2.35. The van der Waals surface area contributed by atoms with Gasteiger partial charge < -0.3 is 15.0 Å². The number of nitrogens with zero attached hydrogens (tertiary/aromatic N) is 2. The normalized spacial score (nSPS) is 11.8. The molecule has 1 unspecified atom stereocenters. The smallest absolute Gasteiger partial charge is 0.264 e. The highest BCUT2D eigenvalue weighted by Crippen LogP contribution is 2.32. The van der Waals surface area contributed by atoms with Crippen molar-refractivity contribution in [3.05, 3.63) is 124 Å². The third kappa shape index (κ3) is 8.36. The van der Waals surface area contributed by atoms with Gasteiger partial charge in [-0.2, -0.15) is 0 Å². The summed E-state index contributed by atoms with van der Waals surface area (Å²) < 4.78 is 34.6. The molecule has 2 amide bonds. The molecule has 4 aromatic rings. The zero-order valence-corrected chi connectivity index (χ0v) is 27.6. The number of hydrogen-bond acceptors (Lipinski definition) is 5. The number of methoxy groups -OCH3 is 1. The van der Waals surface area contributed by atoms with Crippen molar-refractivity contribution in [1.82, 2.24) is 10.2 Å². The lowest BCUT2D eigenvalue weighted by Gasteiger charge is -2.34. The third-order valence-electron chi connectivity index (χ3n) is 7.23. The molecule has 1 atom stereocenters. The Labute approximate surface area is 274 Å². The second kappa shape index (κ2) is 15.3. The van der Waals surface area contributed by atoms with Crippen LogP contribution in [0.2, 0.25) is 10.0 Å². The second-order valence-corrected chi connectivity index (χ2v) is 13.0. The Morgan fingerprint density at radius 1 is 0.889 bits per heavy atom. The lowest BCUT2D eigenvalue weighted by atomic mass is 10.0. The molecule has 0 aliphatic rings. The van der Waals surface area contributed by atoms with E-state index in [2.05, 4.69) is 5.32 Å². The molecule has 0 saturated carbocycles. The summed E-state index contributed by atoms with van der Waals surface area (Å²) >= 11 is 12.9. The quantitative estimate of drug-likeness (QED) is 0.181. The molecule has 4 rings (SSSR count). The predicted octanol–water partition coefficient (Wildman–Crippen LogP) is 6.28. The Morgan fingerprint density at radius 2 is 1.56 bits per heavy atom. The average molecular weight is 669 g/mol. The molecule has 0 aliphatic heterocycles. The van der Waals surface area contributed by atoms with Crippen molar-refractivity contribution in [3.8, 4) is 5.75 Å². The summed E-state index contributed by atoms with van der Waals surface area (Å²) in [6, 6.07) is 26.2. The maximum Gasteiger partial charge on any atom is 0.264 e. The number of sulfonamides is 1. The zero-order chi connectivity index (χ0) is 32.6. The summed E-state index contributed by atoms with van der Waals surface area (Å²) in [5.74, 6) is -0.633. The standard InChI is InChI=1S/C34H35Cl2N3O5S/c1-4-37-34(41)31(20-25-10-6-5-7-11-25)38(22-26-12-8-9-13-29(26)35)33(40)23-39(27-16-19-32(44-3)30(36)21-27)45(42,43)28-17-14-24(2)15-18-28/h5-19,21,31H,4,20,22-23H2,1-3H3,(H,37,41). The fraction of sp³-hybridized carbons (Fsp3) is 0.235. The third-order valence-corrected chi connectivity index (χ3v) is 9.68. The molecule has 0 saturated heterocycles. The van der Waals surface area contributed by atoms with Crippen molar-refractivity contribution in [2.75, 3.05) is 24.5 Å². The minimum atomic E-state index is -4.27. The average Bonchev–Trinajstić information content (AvgIpc) is 3.03. The predicted molar refractivity (Wildman–Crippen MR) is 178 cm³/mol. The van der Waals surface area contributed by atoms with E-state index >= 15 is 0 Å². The van der Waals surface area contributed by atoms with E-state index in [-0.39, 0.29) is 34.5 Å². The SMILES string of the molecule is CCNC(=O)C(Cc1ccccc1)N(Cc1ccccc1Cl)C(=O)CN(c1ccc(OC)c(Cl)c1)S(=O)(=O)c1ccc(C)cc1. The van der Waals surface area contributed by atoms with Crippen molar-refractivity contribution in [2.24, 2.45) is 0 Å². The summed E-state index contributed by atoms with van der Waals surface area (Å²) in [4.78, 5) is 29.4. The minimum absolute atomic E-state index is 0.00458. The van der Waals surface area contributed by atoms with Gasteiger partial charge in [0.1, 0.15) is 18.3 Å². The van der Waals surface area contributed by atoms with Gasteiger partial charge in [0.15, 0.2) is 0 Å². The molecular formula is C34H35Cl2N3O5S. The van der Waals surface area contributed by atoms with Gasteiger partial charge in [0.2, 0.25) is 11.8 Å². The van der Waals surface area contributed by atoms with Crippen LogP contribution in [0.4, 0.5) is 5.69 Å². The first-order chi connectivity index (χ1) is 21.5. The number of anilines is 1. The van der Waals surface area contributed by atoms with E-state index < -0.39 is 28.5 Å². The first-order valence-corrected chi connectivity index (χ1v) is 16.5. The van der Waals surface area contributed by atoms with Crippen molar-refractivity contribution in [1.29, 1.82) is 0 Å². The molecule has 236 valence electrons. The van der Waals surface area contributed by atoms with E-state index in [4.69, 9.17) is 27.9 Å². The largest absolute Gasteiger partial charge is 0.495 e. The summed E-state index contributed by atoms with van der Waals surface area (Å²) in [5.41, 5.74) is 2.47. The number of rotatable bonds is 13. The topological polar surface area (TPSA) is 96.0 Å². The Bertz CT molecular complexity index is 1730. The van der Waals surface area contributed by atoms with E-state index in [1.54, 1.807) is 43.3 Å². The molecule has 0 radical (unpaired) electrons. The van der Waals surface area contributed by atoms with Crippen LogP contribution < -0.4 is 14.4 Å². The molecule has 0 aromatic heterocycles. The molecule has 0 spiro atoms. The van der Waals surface area contributed by atoms with E-state index in [9.17, 15) is 18.0 Å². The van der Waals surface area contributed by atoms with E-state index in [1.807, 2.05) is 37.3 Å². The van der Waals surface area contributed by atoms with E-state index in [0.717, 1.165) is 15.4 Å². The Hall–Kier alpha value is -4.05. The van der Waals surface area contributed by atoms with Crippen LogP contribution in [-0.4, -0.2) is 51.4 Å². The van der Waals surface area contributed by atoms with Crippen molar-refractivity contribution >= 4 is 50.7 Å². The number of benzene rings is 4. The van der Waals surface area contributed by atoms with Crippen LogP contribution in [0.15, 0.2) is 102 Å². The number of amides is 2. The monoisotopic (exact) mass is 667 g/mol. The lowest BCUT2D eigenvalue weighted by Crippen LogP contribution is -2.53. The molecule has 0 aliphatic carbocycles. The van der Waals surface area contributed by atoms with Gasteiger partial charge in [-0.3, -0.25) is 13.9 Å². The van der Waals surface area contributed by atoms with Crippen LogP contribution in [0.1, 0.15) is 23.6 Å². The summed E-state index contributed by atoms with van der Waals surface area (Å²) in [6.07, 6.45) is 0.196. The van der Waals surface area contributed by atoms with E-state index in [0.29, 0.717) is 22.9 Å². The number of likely N-dealkylation sites (N-methyl/N-ethyl adjacent to an activating group) is 1. The number of halogens is 2. The summed E-state index contributed by atoms with van der Waals surface area (Å²) in [5, 5.41) is 3.42. The van der Waals surface area contributed by atoms with Crippen molar-refractivity contribution in [3.63, 3.8) is 0 Å². The molecule has 0 heterocycles. The second-order valence-electron chi connectivity index (χ2n) is 10.4. The van der Waals surface area contributed by atoms with Crippen molar-refractivity contribution in [2.45, 2.75) is 37.8 Å². The van der Waals surface area contributed by atoms with Gasteiger partial charge in [-0.1, -0.05) is 89.4 Å². The molecule has 11 heteroatoms. The van der Waals surface area contributed by atoms with E-state index in [1.165, 1.54) is 42.3 Å². The minimum Gasteiger partial charge on any atom is -0.495 e. The number of nitrogens with one attached hydrogen (secondary N) is 1. The van der Waals surface area contributed by atoms with Crippen LogP contribution in [0, 0.1) is 6.92 Å². The van der Waals surface area contributed by atoms with Gasteiger partial charge in [-0.15, -0.1) is 0 Å². The zero-order valence-electron chi connectivity index (χ0n) is 25.2. The molecule has 45 heavy (non-hydrogen) atoms. The highest BCUT2D eigenvalue weighted by atomic mass is 35.5. The number of ether oxygens (including phenoxy) is 1. The van der Waals surface area contributed by atoms with Gasteiger partial charge in [0.05, 0.1) is 22.7 Å². The number of carbonyl (C=O) groups is 2. The van der Waals surface area contributed by atoms with Gasteiger partial charge in [0.25, 0.3) is 10.0 Å². The Balaban J connectivity index is 1.83. The van der Waals surface area contributed by atoms with Gasteiger partial charge in [-0.05, 0) is 61.4 Å². The first-order valence-electron chi connectivity index (χ1n) is 14.3. The van der Waals surface area contributed by atoms with Crippen LogP contribution in [0.5, 0.6) is 5.75 Å². The Kier molecular flexibility index (Phi) is 11.5. The first kappa shape index (κ1) is 33.8. The molecule has 8 nitrogen and oxygen atoms in total. The fourth-order valence-corrected chi connectivity index (χ4v) is 6.69. The molecule has 0 bridgehead atoms. The Morgan fingerprint density at radius 3 is 2.18 bits per heavy atom. The fourth-order valence-electron chi connectivity index (χ4n) is 4.83. The summed E-state index contributed by atoms with van der Waals surface area (Å²) in [7, 11) is -2.82. The number of hydrogen-bond donors (Lipinski definition) is 1. The van der Waals surface area contributed by atoms with Crippen LogP contribution >= 0.6 is 23.2 Å². The lowest BCUT2D eigenvalue weighted by molar-refractivity contribution is -0.140. The molecule has 1 N–H and O–H groups in total. The van der Waals surface area contributed by atoms with Gasteiger partial charge in [0, 0.05) is 24.5 Å². The van der Waals surface area contributed by atoms with Crippen molar-refractivity contribution < 1.29 is 22.7 Å². The number of aryl methyl sites for hydroxylation is 1. The van der Waals surface area contributed by atoms with Crippen LogP contribution in [0.3, 0.4) is 0 Å². The maximum absolute atomic E-state index is 14.5. The highest BCUT2D eigenvalue weighted by molar-refractivity contribution is 7.92. The van der Waals surface area contributed by atoms with Gasteiger partial charge in [-0.25, -0.2) is 8.42 Å². The van der Waals surface area contributed by atoms with Crippen LogP contribution in [0.25, 0.3) is 0 Å². The summed E-state index contributed by atoms with van der Waals surface area (Å²) in [6.45, 7) is 3.34. The molecular weight excluding hydrogens is 633 g/mol. The molecule has 0 fully saturated rings. The van der Waals surface area contributed by atoms with Crippen LogP contribution in [-0.2, 0) is 32.6 Å². The number of carbonyl (C=O) groups excluding carboxylic acids is 2. The van der Waals surface area contributed by atoms with Gasteiger partial charge >= 0.3 is 0 Å². The molecule has 4 aromatic carbocycles. The maximum atomic E-state index is 14.5.